The zero-order chi connectivity index (χ0) is 14.5. The van der Waals surface area contributed by atoms with E-state index in [9.17, 15) is 0 Å². The Labute approximate surface area is 128 Å². The summed E-state index contributed by atoms with van der Waals surface area (Å²) in [4.78, 5) is 0. The number of hydrogen-bond acceptors (Lipinski definition) is 2. The molecular weight excluding hydrogens is 293 g/mol. The van der Waals surface area contributed by atoms with Gasteiger partial charge in [0, 0.05) is 0 Å². The van der Waals surface area contributed by atoms with E-state index in [1.54, 1.807) is 6.08 Å². The van der Waals surface area contributed by atoms with Gasteiger partial charge in [0.2, 0.25) is 0 Å². The van der Waals surface area contributed by atoms with Crippen molar-refractivity contribution in [3.8, 4) is 5.75 Å². The molecule has 0 spiro atoms. The fourth-order valence-corrected chi connectivity index (χ4v) is 2.61. The fraction of sp³-hybridized carbons (Fsp3) is 0.294. The molecule has 1 aromatic carbocycles. The van der Waals surface area contributed by atoms with Gasteiger partial charge >= 0.3 is 128 Å². The standard InChI is InChI=1S/C17H19NO.Ni/c1-4-5-8-11-18-17-14-9-6-7-10-16(14)19-12-15(17)13(2)3;/h1,4-10,15,17-18H,12H2,2-3H3;/q-2;/b8-5-;/t15?,17-;/m0./s1. The van der Waals surface area contributed by atoms with Crippen LogP contribution in [0.5, 0.6) is 5.75 Å². The second-order valence-electron chi connectivity index (χ2n) is 5.02. The fourth-order valence-electron chi connectivity index (χ4n) is 2.36. The Kier molecular flexibility index (Phi) is 5.33. The van der Waals surface area contributed by atoms with Gasteiger partial charge in [-0.15, -0.1) is 0 Å². The van der Waals surface area contributed by atoms with Crippen LogP contribution >= 0.6 is 0 Å². The Morgan fingerprint density at radius 2 is 2.20 bits per heavy atom. The summed E-state index contributed by atoms with van der Waals surface area (Å²) >= 11 is 5.02. The average Bonchev–Trinajstić information content (AvgIpc) is 2.45. The molecule has 2 atom stereocenters. The number of benzene rings is 1. The van der Waals surface area contributed by atoms with Crippen LogP contribution in [-0.2, 0) is 15.0 Å². The Balaban J connectivity index is 2.26. The molecule has 1 unspecified atom stereocenters. The third-order valence-corrected chi connectivity index (χ3v) is 3.75. The molecule has 2 rings (SSSR count). The first kappa shape index (κ1) is 15.2. The molecule has 2 nitrogen and oxygen atoms in total. The zero-order valence-corrected chi connectivity index (χ0v) is 12.7. The molecule has 0 bridgehead atoms. The van der Waals surface area contributed by atoms with Crippen LogP contribution in [0.15, 0.2) is 42.5 Å². The van der Waals surface area contributed by atoms with Crippen molar-refractivity contribution >= 4 is 4.61 Å². The summed E-state index contributed by atoms with van der Waals surface area (Å²) < 4.78 is 6.57. The second kappa shape index (κ2) is 7.01. The van der Waals surface area contributed by atoms with Crippen LogP contribution in [0.25, 0.3) is 0 Å². The predicted molar refractivity (Wildman–Crippen MR) is 78.9 cm³/mol. The van der Waals surface area contributed by atoms with E-state index < -0.39 is 0 Å². The van der Waals surface area contributed by atoms with E-state index in [1.807, 2.05) is 24.3 Å². The maximum atomic E-state index is 5.85. The van der Waals surface area contributed by atoms with Crippen molar-refractivity contribution in [1.29, 1.82) is 0 Å². The molecule has 0 aliphatic carbocycles. The van der Waals surface area contributed by atoms with Gasteiger partial charge in [0.25, 0.3) is 0 Å². The van der Waals surface area contributed by atoms with E-state index in [2.05, 4.69) is 25.2 Å². The van der Waals surface area contributed by atoms with Crippen molar-refractivity contribution in [2.24, 2.45) is 5.92 Å². The summed E-state index contributed by atoms with van der Waals surface area (Å²) in [5.74, 6) is 2.58. The van der Waals surface area contributed by atoms with Gasteiger partial charge in [-0.05, 0) is 0 Å². The number of fused-ring (bicyclic) bond motifs is 1. The minimum atomic E-state index is 0.149. The minimum absolute atomic E-state index is 0.149. The predicted octanol–water partition coefficient (Wildman–Crippen LogP) is 3.16. The molecule has 0 saturated heterocycles. The van der Waals surface area contributed by atoms with Crippen molar-refractivity contribution in [1.82, 2.24) is 5.32 Å². The number of hydrogen-bond donors (Lipinski definition) is 1. The van der Waals surface area contributed by atoms with Gasteiger partial charge in [-0.3, -0.25) is 0 Å². The van der Waals surface area contributed by atoms with E-state index in [0.717, 1.165) is 15.9 Å². The SMILES string of the molecule is [CH-]=C/C=C\[C](=[Ni])N[C@H]1c2ccccc2OCC1[C-](C)C. The molecule has 1 heterocycles. The average molecular weight is 312 g/mol. The van der Waals surface area contributed by atoms with Crippen LogP contribution in [-0.4, -0.2) is 11.2 Å². The van der Waals surface area contributed by atoms with Crippen LogP contribution in [0, 0.1) is 18.4 Å². The van der Waals surface area contributed by atoms with Crippen molar-refractivity contribution in [2.45, 2.75) is 19.9 Å². The van der Waals surface area contributed by atoms with Crippen LogP contribution in [0.1, 0.15) is 25.5 Å². The molecule has 0 saturated carbocycles. The molecule has 0 fully saturated rings. The van der Waals surface area contributed by atoms with Crippen LogP contribution in [0.4, 0.5) is 0 Å². The Morgan fingerprint density at radius 3 is 2.90 bits per heavy atom. The van der Waals surface area contributed by atoms with Crippen molar-refractivity contribution in [3.05, 3.63) is 60.6 Å². The third kappa shape index (κ3) is 3.47. The third-order valence-electron chi connectivity index (χ3n) is 3.44. The molecule has 1 N–H and O–H groups in total. The Hall–Kier alpha value is -1.18. The van der Waals surface area contributed by atoms with E-state index in [-0.39, 0.29) is 6.04 Å². The Bertz CT molecular complexity index is 521. The summed E-state index contributed by atoms with van der Waals surface area (Å²) in [6.45, 7) is 10.3. The number of para-hydroxylation sites is 1. The number of nitrogens with one attached hydrogen (secondary N) is 1. The van der Waals surface area contributed by atoms with Gasteiger partial charge in [0.1, 0.15) is 0 Å². The topological polar surface area (TPSA) is 21.3 Å². The second-order valence-corrected chi connectivity index (χ2v) is 5.55. The number of ether oxygens (including phenoxy) is 1. The normalized spacial score (nSPS) is 21.6. The summed E-state index contributed by atoms with van der Waals surface area (Å²) in [7, 11) is 0. The molecule has 0 radical (unpaired) electrons. The van der Waals surface area contributed by atoms with Crippen LogP contribution in [0.3, 0.4) is 0 Å². The van der Waals surface area contributed by atoms with Crippen LogP contribution in [0.2, 0.25) is 0 Å². The quantitative estimate of drug-likeness (QED) is 0.512. The molecule has 1 aliphatic heterocycles. The molecular formula is C17H19NNiO-2. The molecule has 0 aromatic heterocycles. The van der Waals surface area contributed by atoms with Gasteiger partial charge in [0.05, 0.1) is 0 Å². The van der Waals surface area contributed by atoms with Gasteiger partial charge < -0.3 is 0 Å². The number of rotatable bonds is 5. The van der Waals surface area contributed by atoms with Crippen molar-refractivity contribution in [3.63, 3.8) is 0 Å². The van der Waals surface area contributed by atoms with Crippen molar-refractivity contribution in [2.75, 3.05) is 6.61 Å². The van der Waals surface area contributed by atoms with E-state index in [4.69, 9.17) is 26.3 Å². The van der Waals surface area contributed by atoms with Gasteiger partial charge in [-0.2, -0.15) is 0 Å². The molecule has 0 amide bonds. The monoisotopic (exact) mass is 311 g/mol. The van der Waals surface area contributed by atoms with Crippen LogP contribution < -0.4 is 10.1 Å². The number of allylic oxidation sites excluding steroid dienone is 2. The van der Waals surface area contributed by atoms with Gasteiger partial charge in [0.15, 0.2) is 0 Å². The van der Waals surface area contributed by atoms with E-state index in [1.165, 1.54) is 12.0 Å². The maximum absolute atomic E-state index is 5.85. The zero-order valence-electron chi connectivity index (χ0n) is 11.7. The first-order chi connectivity index (χ1) is 9.63. The molecule has 1 aliphatic rings. The summed E-state index contributed by atoms with van der Waals surface area (Å²) in [5.41, 5.74) is 1.16. The van der Waals surface area contributed by atoms with Gasteiger partial charge in [-0.25, -0.2) is 0 Å². The summed E-state index contributed by atoms with van der Waals surface area (Å²) in [6, 6.07) is 8.26. The molecule has 1 aromatic rings. The summed E-state index contributed by atoms with van der Waals surface area (Å²) in [6.07, 6.45) is 5.04. The van der Waals surface area contributed by atoms with E-state index >= 15 is 0 Å². The summed E-state index contributed by atoms with van der Waals surface area (Å²) in [5, 5.41) is 3.43. The first-order valence-electron chi connectivity index (χ1n) is 6.62. The molecule has 3 heteroatoms. The van der Waals surface area contributed by atoms with Gasteiger partial charge in [-0.1, -0.05) is 0 Å². The molecule has 20 heavy (non-hydrogen) atoms. The molecule has 110 valence electrons. The van der Waals surface area contributed by atoms with Crippen molar-refractivity contribution < 1.29 is 19.8 Å². The van der Waals surface area contributed by atoms with E-state index in [0.29, 0.717) is 12.5 Å². The first-order valence-corrected chi connectivity index (χ1v) is 7.12. The Morgan fingerprint density at radius 1 is 1.45 bits per heavy atom.